The first-order valence-corrected chi connectivity index (χ1v) is 26.4. The predicted octanol–water partition coefficient (Wildman–Crippen LogP) is 9.09. The van der Waals surface area contributed by atoms with E-state index in [0.717, 1.165) is 16.7 Å². The van der Waals surface area contributed by atoms with E-state index in [2.05, 4.69) is 61.2 Å². The molecule has 18 nitrogen and oxygen atoms in total. The average Bonchev–Trinajstić information content (AvgIpc) is 1.17. The van der Waals surface area contributed by atoms with Crippen LogP contribution in [0, 0.1) is 34.9 Å². The van der Waals surface area contributed by atoms with Crippen molar-refractivity contribution in [3.05, 3.63) is 231 Å². The Kier molecular flexibility index (Phi) is 13.2. The van der Waals surface area contributed by atoms with Crippen molar-refractivity contribution in [3.63, 3.8) is 0 Å². The summed E-state index contributed by atoms with van der Waals surface area (Å²) in [7, 11) is 5.33. The smallest absolute Gasteiger partial charge is 0.185 e. The molecule has 420 valence electrons. The maximum atomic E-state index is 14.2. The molecule has 24 heteroatoms. The van der Waals surface area contributed by atoms with Gasteiger partial charge in [0.05, 0.1) is 53.0 Å². The van der Waals surface area contributed by atoms with Crippen molar-refractivity contribution >= 4 is 51.5 Å². The molecule has 6 aliphatic rings. The van der Waals surface area contributed by atoms with Crippen LogP contribution in [0.1, 0.15) is 118 Å². The lowest BCUT2D eigenvalue weighted by molar-refractivity contribution is 0.0991. The number of hydrogen-bond donors (Lipinski definition) is 3. The van der Waals surface area contributed by atoms with Crippen molar-refractivity contribution in [3.8, 4) is 0 Å². The van der Waals surface area contributed by atoms with Gasteiger partial charge in [-0.15, -0.1) is 0 Å². The van der Waals surface area contributed by atoms with E-state index < -0.39 is 17.5 Å². The molecule has 6 aliphatic heterocycles. The predicted molar refractivity (Wildman–Crippen MR) is 296 cm³/mol. The molecule has 6 aromatic carbocycles. The van der Waals surface area contributed by atoms with Crippen molar-refractivity contribution in [1.29, 1.82) is 0 Å². The number of Topliss-reactive ketones (excluding diaryl/α,β-unsaturated/α-hetero) is 3. The number of anilines is 3. The van der Waals surface area contributed by atoms with Crippen LogP contribution in [0.3, 0.4) is 0 Å². The van der Waals surface area contributed by atoms with E-state index >= 15 is 0 Å². The number of aliphatic imine (C=N–C) groups is 3. The van der Waals surface area contributed by atoms with Crippen LogP contribution in [0.4, 0.5) is 43.4 Å². The lowest BCUT2D eigenvalue weighted by atomic mass is 9.78. The van der Waals surface area contributed by atoms with Crippen LogP contribution in [-0.4, -0.2) is 98.4 Å². The molecule has 2 unspecified atom stereocenters. The van der Waals surface area contributed by atoms with Crippen LogP contribution in [0.25, 0.3) is 0 Å². The summed E-state index contributed by atoms with van der Waals surface area (Å²) in [5, 5.41) is 22.5. The van der Waals surface area contributed by atoms with Gasteiger partial charge >= 0.3 is 0 Å². The van der Waals surface area contributed by atoms with Crippen LogP contribution in [0.15, 0.2) is 143 Å². The minimum Gasteiger partial charge on any atom is -0.376 e. The van der Waals surface area contributed by atoms with Crippen molar-refractivity contribution in [1.82, 2.24) is 44.3 Å². The largest absolute Gasteiger partial charge is 0.376 e. The van der Waals surface area contributed by atoms with Crippen LogP contribution >= 0.6 is 0 Å². The van der Waals surface area contributed by atoms with E-state index in [1.165, 1.54) is 91.8 Å². The third kappa shape index (κ3) is 9.27. The van der Waals surface area contributed by atoms with Gasteiger partial charge in [-0.05, 0) is 89.5 Å². The number of nitrogens with one attached hydrogen (secondary N) is 3. The summed E-state index contributed by atoms with van der Waals surface area (Å²) < 4.78 is 87.9. The normalized spacial score (nSPS) is 20.4. The first kappa shape index (κ1) is 53.1. The van der Waals surface area contributed by atoms with Gasteiger partial charge in [0.15, 0.2) is 17.3 Å². The molecule has 3 N–H and O–H groups in total. The van der Waals surface area contributed by atoms with Crippen LogP contribution < -0.4 is 16.0 Å². The van der Waals surface area contributed by atoms with Crippen LogP contribution in [0.2, 0.25) is 0 Å². The fourth-order valence-electron chi connectivity index (χ4n) is 12.0. The quantitative estimate of drug-likeness (QED) is 0.133. The van der Waals surface area contributed by atoms with Crippen molar-refractivity contribution in [2.24, 2.45) is 36.1 Å². The van der Waals surface area contributed by atoms with Crippen LogP contribution in [-0.2, 0) is 21.1 Å². The summed E-state index contributed by atoms with van der Waals surface area (Å²) in [4.78, 5) is 63.8. The second kappa shape index (κ2) is 20.9. The van der Waals surface area contributed by atoms with Gasteiger partial charge in [-0.1, -0.05) is 36.4 Å². The zero-order valence-electron chi connectivity index (χ0n) is 44.6. The highest BCUT2D eigenvalue weighted by atomic mass is 19.1. The van der Waals surface area contributed by atoms with Crippen LogP contribution in [0.5, 0.6) is 0 Å². The molecule has 0 saturated heterocycles. The monoisotopic (exact) mass is 1140 g/mol. The van der Waals surface area contributed by atoms with Gasteiger partial charge < -0.3 is 16.0 Å². The van der Waals surface area contributed by atoms with Gasteiger partial charge in [0.1, 0.15) is 91.0 Å². The minimum atomic E-state index is -0.495. The van der Waals surface area contributed by atoms with E-state index in [4.69, 9.17) is 0 Å². The highest BCUT2D eigenvalue weighted by Crippen LogP contribution is 2.48. The summed E-state index contributed by atoms with van der Waals surface area (Å²) in [6, 6.07) is 25.0. The Morgan fingerprint density at radius 1 is 0.381 bits per heavy atom. The van der Waals surface area contributed by atoms with E-state index in [-0.39, 0.29) is 90.3 Å². The van der Waals surface area contributed by atoms with Gasteiger partial charge in [-0.3, -0.25) is 43.4 Å². The maximum Gasteiger partial charge on any atom is 0.185 e. The van der Waals surface area contributed by atoms with E-state index in [9.17, 15) is 40.7 Å². The Morgan fingerprint density at radius 3 is 0.881 bits per heavy atom. The molecule has 3 aromatic heterocycles. The molecule has 0 amide bonds. The number of carbonyl (C=O) groups is 3. The van der Waals surface area contributed by atoms with Crippen molar-refractivity contribution in [2.75, 3.05) is 35.6 Å². The van der Waals surface area contributed by atoms with Crippen molar-refractivity contribution < 1.29 is 40.7 Å². The Morgan fingerprint density at radius 2 is 0.643 bits per heavy atom. The molecule has 0 aliphatic carbocycles. The number of halogens is 6. The molecule has 6 atom stereocenters. The molecular formula is C60H45F6N15O3. The molecule has 0 radical (unpaired) electrons. The molecule has 0 saturated carbocycles. The molecule has 15 rings (SSSR count). The number of aromatic nitrogens is 9. The third-order valence-electron chi connectivity index (χ3n) is 15.7. The average molecular weight is 1140 g/mol. The SMILES string of the molecule is Cn1ncnc1C1C2=NCC(=O)c3cc(F)cc(c32)NC1c1ccc(F)cc1.Cn1ncnc1[C@@H]1C2=NCC(=O)c3cc(F)cc(c32)N[C@H]1c1ccc(F)cc1.Cn1ncnc1[C@H]1C2=NCC(=O)c3cc(F)cc(c32)N[C@@H]1c1ccc(F)cc1. The Hall–Kier alpha value is -10.3. The number of benzene rings is 6. The summed E-state index contributed by atoms with van der Waals surface area (Å²) in [6.45, 7) is -0.138. The first-order chi connectivity index (χ1) is 40.6. The molecule has 84 heavy (non-hydrogen) atoms. The summed E-state index contributed by atoms with van der Waals surface area (Å²) in [5.41, 5.74) is 8.61. The first-order valence-electron chi connectivity index (χ1n) is 26.4. The van der Waals surface area contributed by atoms with Gasteiger partial charge in [0.25, 0.3) is 0 Å². The lowest BCUT2D eigenvalue weighted by Crippen LogP contribution is -2.37. The summed E-state index contributed by atoms with van der Waals surface area (Å²) in [6.07, 6.45) is 4.35. The number of hydrogen-bond acceptors (Lipinski definition) is 15. The molecule has 0 fully saturated rings. The van der Waals surface area contributed by atoms with Gasteiger partial charge in [0.2, 0.25) is 0 Å². The Bertz CT molecular complexity index is 3840. The molecule has 9 aromatic rings. The summed E-state index contributed by atoms with van der Waals surface area (Å²) >= 11 is 0. The molecule has 0 spiro atoms. The minimum absolute atomic E-state index is 0.0459. The molecular weight excluding hydrogens is 1090 g/mol. The Labute approximate surface area is 473 Å². The summed E-state index contributed by atoms with van der Waals surface area (Å²) in [5.74, 6) is -2.36. The standard InChI is InChI=1S/3C20H15F2N5O/c3*1-27-20(24-9-25-27)17-18(10-2-4-11(21)5-3-10)26-14-7-12(22)6-13-15(28)8-23-19(17)16(13)14/h3*2-7,9,17-18,26H,8H2,1H3/t2*17-,18-;/m10./s1. The lowest BCUT2D eigenvalue weighted by Gasteiger charge is -2.37. The second-order valence-corrected chi connectivity index (χ2v) is 20.7. The van der Waals surface area contributed by atoms with E-state index in [1.807, 2.05) is 0 Å². The Balaban J connectivity index is 0.000000118. The maximum absolute atomic E-state index is 14.2. The number of ketones is 3. The highest BCUT2D eigenvalue weighted by Gasteiger charge is 2.45. The number of nitrogens with zero attached hydrogens (tertiary/aromatic N) is 12. The number of carbonyl (C=O) groups excluding carboxylic acids is 3. The van der Waals surface area contributed by atoms with E-state index in [0.29, 0.717) is 85.1 Å². The number of rotatable bonds is 6. The topological polar surface area (TPSA) is 217 Å². The van der Waals surface area contributed by atoms with E-state index in [1.54, 1.807) is 71.6 Å². The highest BCUT2D eigenvalue weighted by molar-refractivity contribution is 6.23. The zero-order chi connectivity index (χ0) is 58.2. The fraction of sp³-hybridized carbons (Fsp3) is 0.200. The molecule has 0 bridgehead atoms. The van der Waals surface area contributed by atoms with Gasteiger partial charge in [0, 0.05) is 71.6 Å². The van der Waals surface area contributed by atoms with Crippen molar-refractivity contribution in [2.45, 2.75) is 35.9 Å². The zero-order valence-corrected chi connectivity index (χ0v) is 44.6. The third-order valence-corrected chi connectivity index (χ3v) is 15.7. The molecule has 9 heterocycles. The van der Waals surface area contributed by atoms with Gasteiger partial charge in [-0.2, -0.15) is 15.3 Å². The van der Waals surface area contributed by atoms with Gasteiger partial charge in [-0.25, -0.2) is 41.3 Å². The number of aryl methyl sites for hydroxylation is 3. The second-order valence-electron chi connectivity index (χ2n) is 20.7. The fourth-order valence-corrected chi connectivity index (χ4v) is 12.0.